The van der Waals surface area contributed by atoms with Crippen molar-refractivity contribution in [1.29, 1.82) is 0 Å². The number of amides is 2. The number of nitrogens with zero attached hydrogens (tertiary/aromatic N) is 3. The number of carbonyl (C=O) groups excluding carboxylic acids is 2. The standard InChI is InChI=1S/C30H27N3O4/c34-29-27-22-11-12-23(17-22)28(27)30(35)32(29)24-13-14-25(26(18-24)33(36)37)31(19-21-9-5-2-6-10-21)16-15-20-7-3-1-4-8-20/h1-14,18,22-23,27-28H,15-17,19H2/t22-,23-,27-,28-/m0/s1. The van der Waals surface area contributed by atoms with Crippen LogP contribution < -0.4 is 9.80 Å². The highest BCUT2D eigenvalue weighted by atomic mass is 16.6. The quantitative estimate of drug-likeness (QED) is 0.187. The summed E-state index contributed by atoms with van der Waals surface area (Å²) >= 11 is 0. The monoisotopic (exact) mass is 493 g/mol. The Kier molecular flexibility index (Phi) is 5.83. The summed E-state index contributed by atoms with van der Waals surface area (Å²) in [5.74, 6) is -0.989. The topological polar surface area (TPSA) is 83.8 Å². The summed E-state index contributed by atoms with van der Waals surface area (Å²) in [5, 5.41) is 12.3. The SMILES string of the molecule is O=C1[C@@H]2[C@@H](C(=O)N1c1ccc(N(CCc3ccccc3)Cc3ccccc3)c([N+](=O)[O-])c1)[C@H]1C=C[C@H]2C1. The van der Waals surface area contributed by atoms with Gasteiger partial charge >= 0.3 is 0 Å². The molecule has 0 unspecified atom stereocenters. The van der Waals surface area contributed by atoms with Gasteiger partial charge in [0.2, 0.25) is 11.8 Å². The molecule has 1 saturated carbocycles. The van der Waals surface area contributed by atoms with E-state index in [1.165, 1.54) is 11.0 Å². The zero-order valence-corrected chi connectivity index (χ0v) is 20.3. The Labute approximate surface area is 215 Å². The summed E-state index contributed by atoms with van der Waals surface area (Å²) in [4.78, 5) is 41.6. The maximum Gasteiger partial charge on any atom is 0.294 e. The van der Waals surface area contributed by atoms with Gasteiger partial charge < -0.3 is 4.90 Å². The van der Waals surface area contributed by atoms with Crippen molar-refractivity contribution < 1.29 is 14.5 Å². The fraction of sp³-hybridized carbons (Fsp3) is 0.267. The van der Waals surface area contributed by atoms with Gasteiger partial charge in [0.1, 0.15) is 5.69 Å². The predicted octanol–water partition coefficient (Wildman–Crippen LogP) is 5.16. The van der Waals surface area contributed by atoms with Crippen LogP contribution in [0.5, 0.6) is 0 Å². The Morgan fingerprint density at radius 3 is 2.03 bits per heavy atom. The number of nitro groups is 1. The molecule has 37 heavy (non-hydrogen) atoms. The first-order valence-electron chi connectivity index (χ1n) is 12.7. The third-order valence-corrected chi connectivity index (χ3v) is 7.95. The van der Waals surface area contributed by atoms with Crippen LogP contribution in [0.25, 0.3) is 0 Å². The summed E-state index contributed by atoms with van der Waals surface area (Å²) in [6, 6.07) is 24.6. The van der Waals surface area contributed by atoms with E-state index in [4.69, 9.17) is 0 Å². The van der Waals surface area contributed by atoms with Crippen LogP contribution in [0.2, 0.25) is 0 Å². The second-order valence-electron chi connectivity index (χ2n) is 10.1. The van der Waals surface area contributed by atoms with Gasteiger partial charge in [-0.25, -0.2) is 4.90 Å². The number of anilines is 2. The Balaban J connectivity index is 1.33. The number of allylic oxidation sites excluding steroid dienone is 2. The van der Waals surface area contributed by atoms with E-state index in [1.54, 1.807) is 12.1 Å². The molecule has 0 radical (unpaired) electrons. The molecule has 0 aromatic heterocycles. The molecule has 0 N–H and O–H groups in total. The molecule has 1 heterocycles. The smallest absolute Gasteiger partial charge is 0.294 e. The molecule has 4 atom stereocenters. The number of imide groups is 1. The van der Waals surface area contributed by atoms with Crippen molar-refractivity contribution in [1.82, 2.24) is 0 Å². The molecule has 2 aliphatic carbocycles. The minimum atomic E-state index is -0.420. The molecule has 7 heteroatoms. The Morgan fingerprint density at radius 1 is 0.838 bits per heavy atom. The minimum absolute atomic E-state index is 0.0880. The summed E-state index contributed by atoms with van der Waals surface area (Å²) in [7, 11) is 0. The van der Waals surface area contributed by atoms with Crippen molar-refractivity contribution in [3.8, 4) is 0 Å². The summed E-state index contributed by atoms with van der Waals surface area (Å²) < 4.78 is 0. The zero-order valence-electron chi connectivity index (χ0n) is 20.3. The second-order valence-corrected chi connectivity index (χ2v) is 10.1. The van der Waals surface area contributed by atoms with Crippen molar-refractivity contribution in [2.24, 2.45) is 23.7 Å². The van der Waals surface area contributed by atoms with Crippen LogP contribution in [0.4, 0.5) is 17.1 Å². The summed E-state index contributed by atoms with van der Waals surface area (Å²) in [6.07, 6.45) is 5.64. The van der Waals surface area contributed by atoms with Crippen molar-refractivity contribution in [2.45, 2.75) is 19.4 Å². The predicted molar refractivity (Wildman–Crippen MR) is 141 cm³/mol. The first kappa shape index (κ1) is 23.2. The van der Waals surface area contributed by atoms with Crippen molar-refractivity contribution in [3.05, 3.63) is 112 Å². The van der Waals surface area contributed by atoms with Crippen LogP contribution >= 0.6 is 0 Å². The lowest BCUT2D eigenvalue weighted by molar-refractivity contribution is -0.384. The fourth-order valence-corrected chi connectivity index (χ4v) is 6.22. The Morgan fingerprint density at radius 2 is 1.43 bits per heavy atom. The van der Waals surface area contributed by atoms with Gasteiger partial charge in [-0.05, 0) is 47.9 Å². The second kappa shape index (κ2) is 9.32. The summed E-state index contributed by atoms with van der Waals surface area (Å²) in [6.45, 7) is 1.06. The van der Waals surface area contributed by atoms with Crippen LogP contribution in [-0.2, 0) is 22.6 Å². The normalized spacial score (nSPS) is 23.5. The molecule has 6 rings (SSSR count). The third kappa shape index (κ3) is 4.10. The number of rotatable bonds is 8. The van der Waals surface area contributed by atoms with Gasteiger partial charge in [-0.2, -0.15) is 0 Å². The van der Waals surface area contributed by atoms with Crippen LogP contribution in [0.1, 0.15) is 17.5 Å². The lowest BCUT2D eigenvalue weighted by Gasteiger charge is -2.26. The molecule has 2 bridgehead atoms. The van der Waals surface area contributed by atoms with E-state index in [0.29, 0.717) is 18.8 Å². The van der Waals surface area contributed by atoms with E-state index < -0.39 is 4.92 Å². The molecule has 1 aliphatic heterocycles. The number of benzene rings is 3. The van der Waals surface area contributed by atoms with Gasteiger partial charge in [-0.1, -0.05) is 72.8 Å². The van der Waals surface area contributed by atoms with E-state index in [9.17, 15) is 19.7 Å². The van der Waals surface area contributed by atoms with E-state index in [0.717, 1.165) is 24.0 Å². The van der Waals surface area contributed by atoms with Crippen LogP contribution in [0.3, 0.4) is 0 Å². The van der Waals surface area contributed by atoms with E-state index in [1.807, 2.05) is 77.7 Å². The fourth-order valence-electron chi connectivity index (χ4n) is 6.22. The molecule has 186 valence electrons. The molecule has 3 aromatic carbocycles. The minimum Gasteiger partial charge on any atom is -0.361 e. The van der Waals surface area contributed by atoms with Gasteiger partial charge in [-0.3, -0.25) is 19.7 Å². The van der Waals surface area contributed by atoms with Gasteiger partial charge in [0.05, 0.1) is 22.4 Å². The van der Waals surface area contributed by atoms with Crippen molar-refractivity contribution in [2.75, 3.05) is 16.3 Å². The number of fused-ring (bicyclic) bond motifs is 5. The molecule has 3 aromatic rings. The average molecular weight is 494 g/mol. The molecular formula is C30H27N3O4. The lowest BCUT2D eigenvalue weighted by Crippen LogP contribution is -2.33. The maximum atomic E-state index is 13.3. The zero-order chi connectivity index (χ0) is 25.5. The van der Waals surface area contributed by atoms with E-state index >= 15 is 0 Å². The highest BCUT2D eigenvalue weighted by Crippen LogP contribution is 2.53. The average Bonchev–Trinajstić information content (AvgIpc) is 3.61. The number of hydrogen-bond donors (Lipinski definition) is 0. The number of nitro benzene ring substituents is 1. The molecule has 0 spiro atoms. The molecule has 1 saturated heterocycles. The van der Waals surface area contributed by atoms with Crippen LogP contribution in [-0.4, -0.2) is 23.3 Å². The lowest BCUT2D eigenvalue weighted by atomic mass is 9.85. The van der Waals surface area contributed by atoms with Crippen LogP contribution in [0, 0.1) is 33.8 Å². The first-order chi connectivity index (χ1) is 18.0. The Hall–Kier alpha value is -4.26. The van der Waals surface area contributed by atoms with Gasteiger partial charge in [-0.15, -0.1) is 0 Å². The van der Waals surface area contributed by atoms with E-state index in [2.05, 4.69) is 0 Å². The third-order valence-electron chi connectivity index (χ3n) is 7.95. The van der Waals surface area contributed by atoms with Gasteiger partial charge in [0, 0.05) is 19.2 Å². The number of hydrogen-bond acceptors (Lipinski definition) is 5. The number of carbonyl (C=O) groups is 2. The Bertz CT molecular complexity index is 1360. The molecule has 7 nitrogen and oxygen atoms in total. The van der Waals surface area contributed by atoms with Crippen LogP contribution in [0.15, 0.2) is 91.0 Å². The molecule has 3 aliphatic rings. The molecule has 2 fully saturated rings. The summed E-state index contributed by atoms with van der Waals surface area (Å²) in [5.41, 5.74) is 2.81. The van der Waals surface area contributed by atoms with Gasteiger partial charge in [0.15, 0.2) is 0 Å². The van der Waals surface area contributed by atoms with Crippen molar-refractivity contribution >= 4 is 28.9 Å². The molecular weight excluding hydrogens is 466 g/mol. The van der Waals surface area contributed by atoms with Gasteiger partial charge in [0.25, 0.3) is 5.69 Å². The van der Waals surface area contributed by atoms with Crippen molar-refractivity contribution in [3.63, 3.8) is 0 Å². The highest BCUT2D eigenvalue weighted by Gasteiger charge is 2.59. The largest absolute Gasteiger partial charge is 0.361 e. The first-order valence-corrected chi connectivity index (χ1v) is 12.7. The molecule has 2 amide bonds. The maximum absolute atomic E-state index is 13.3. The van der Waals surface area contributed by atoms with E-state index in [-0.39, 0.29) is 46.9 Å². The highest BCUT2D eigenvalue weighted by molar-refractivity contribution is 6.23.